The van der Waals surface area contributed by atoms with Crippen LogP contribution in [0.15, 0.2) is 42.5 Å². The summed E-state index contributed by atoms with van der Waals surface area (Å²) in [5, 5.41) is 0. The predicted molar refractivity (Wildman–Crippen MR) is 108 cm³/mol. The van der Waals surface area contributed by atoms with Crippen LogP contribution in [0.4, 0.5) is 0 Å². The molecule has 3 aromatic rings. The molecule has 2 N–H and O–H groups in total. The second kappa shape index (κ2) is 7.11. The molecule has 2 aliphatic heterocycles. The van der Waals surface area contributed by atoms with Crippen molar-refractivity contribution in [3.05, 3.63) is 70.8 Å². The van der Waals surface area contributed by atoms with Crippen LogP contribution in [0.25, 0.3) is 46.4 Å². The summed E-state index contributed by atoms with van der Waals surface area (Å²) in [5.41, 5.74) is 9.31. The second-order valence-corrected chi connectivity index (χ2v) is 6.55. The first-order valence-corrected chi connectivity index (χ1v) is 8.82. The monoisotopic (exact) mass is 444 g/mol. The molecule has 0 aromatic carbocycles. The van der Waals surface area contributed by atoms with Gasteiger partial charge in [0, 0.05) is 42.5 Å². The first-order valence-electron chi connectivity index (χ1n) is 8.82. The standard InChI is InChI=1S/C22H18N4.Pd/c1-2-14-9-21-12-19-6-5-17(24-19)10-15-3-4-16(23-15)11-18-7-8-20(25-18)13-22(14)26-21;/h3-13,24,26H,2H2,1H3;. The van der Waals surface area contributed by atoms with Crippen molar-refractivity contribution in [2.75, 3.05) is 0 Å². The van der Waals surface area contributed by atoms with E-state index in [2.05, 4.69) is 58.3 Å². The van der Waals surface area contributed by atoms with Crippen molar-refractivity contribution in [3.63, 3.8) is 0 Å². The Hall–Kier alpha value is -2.74. The summed E-state index contributed by atoms with van der Waals surface area (Å²) in [5.74, 6) is 0. The molecule has 27 heavy (non-hydrogen) atoms. The summed E-state index contributed by atoms with van der Waals surface area (Å²) in [6.07, 6.45) is 9.08. The number of hydrogen-bond donors (Lipinski definition) is 2. The van der Waals surface area contributed by atoms with Gasteiger partial charge in [-0.15, -0.1) is 0 Å². The van der Waals surface area contributed by atoms with Crippen molar-refractivity contribution in [1.29, 1.82) is 0 Å². The number of rotatable bonds is 1. The fraction of sp³-hybridized carbons (Fsp3) is 0.0909. The first kappa shape index (κ1) is 17.7. The Bertz CT molecular complexity index is 1230. The van der Waals surface area contributed by atoms with E-state index in [4.69, 9.17) is 4.98 Å². The number of fused-ring (bicyclic) bond motifs is 8. The van der Waals surface area contributed by atoms with Gasteiger partial charge in [0.2, 0.25) is 0 Å². The van der Waals surface area contributed by atoms with Gasteiger partial charge in [0.15, 0.2) is 0 Å². The molecule has 0 unspecified atom stereocenters. The van der Waals surface area contributed by atoms with Crippen LogP contribution in [0.5, 0.6) is 0 Å². The predicted octanol–water partition coefficient (Wildman–Crippen LogP) is 5.22. The van der Waals surface area contributed by atoms with Crippen molar-refractivity contribution < 1.29 is 20.4 Å². The van der Waals surface area contributed by atoms with Crippen LogP contribution in [-0.4, -0.2) is 19.9 Å². The molecule has 0 radical (unpaired) electrons. The minimum Gasteiger partial charge on any atom is -0.355 e. The second-order valence-electron chi connectivity index (χ2n) is 6.55. The van der Waals surface area contributed by atoms with E-state index < -0.39 is 0 Å². The summed E-state index contributed by atoms with van der Waals surface area (Å²) in [6, 6.07) is 14.7. The van der Waals surface area contributed by atoms with Crippen LogP contribution in [-0.2, 0) is 26.8 Å². The molecule has 0 aliphatic carbocycles. The zero-order chi connectivity index (χ0) is 17.5. The number of aromatic amines is 2. The molecule has 0 spiro atoms. The van der Waals surface area contributed by atoms with Gasteiger partial charge >= 0.3 is 0 Å². The fourth-order valence-corrected chi connectivity index (χ4v) is 3.37. The summed E-state index contributed by atoms with van der Waals surface area (Å²) in [4.78, 5) is 16.3. The zero-order valence-electron chi connectivity index (χ0n) is 14.8. The summed E-state index contributed by atoms with van der Waals surface area (Å²) >= 11 is 0. The number of aryl methyl sites for hydroxylation is 1. The van der Waals surface area contributed by atoms with Crippen molar-refractivity contribution in [1.82, 2.24) is 19.9 Å². The van der Waals surface area contributed by atoms with E-state index in [9.17, 15) is 0 Å². The van der Waals surface area contributed by atoms with Gasteiger partial charge in [-0.3, -0.25) is 0 Å². The SMILES string of the molecule is CCc1cc2cc3ccc(cc4nc(cc5nc(cc1[nH]2)C=C5)C=C4)[nH]3.[Pd]. The molecule has 3 aromatic heterocycles. The van der Waals surface area contributed by atoms with E-state index in [1.54, 1.807) is 0 Å². The molecule has 0 amide bonds. The molecule has 136 valence electrons. The molecule has 5 rings (SSSR count). The van der Waals surface area contributed by atoms with Gasteiger partial charge in [-0.05, 0) is 78.8 Å². The van der Waals surface area contributed by atoms with E-state index in [-0.39, 0.29) is 20.4 Å². The van der Waals surface area contributed by atoms with Gasteiger partial charge in [0.05, 0.1) is 22.8 Å². The van der Waals surface area contributed by atoms with Crippen molar-refractivity contribution in [2.24, 2.45) is 0 Å². The Balaban J connectivity index is 0.00000180. The third-order valence-corrected chi connectivity index (χ3v) is 4.64. The molecule has 0 atom stereocenters. The van der Waals surface area contributed by atoms with E-state index in [1.165, 1.54) is 5.56 Å². The Morgan fingerprint density at radius 3 is 1.93 bits per heavy atom. The number of nitrogens with zero attached hydrogens (tertiary/aromatic N) is 2. The first-order chi connectivity index (χ1) is 12.7. The molecule has 0 saturated heterocycles. The molecule has 2 aliphatic rings. The van der Waals surface area contributed by atoms with Crippen molar-refractivity contribution in [3.8, 4) is 0 Å². The van der Waals surface area contributed by atoms with E-state index in [0.717, 1.165) is 51.3 Å². The van der Waals surface area contributed by atoms with Crippen molar-refractivity contribution in [2.45, 2.75) is 13.3 Å². The number of H-pyrrole nitrogens is 2. The van der Waals surface area contributed by atoms with Crippen LogP contribution >= 0.6 is 0 Å². The van der Waals surface area contributed by atoms with Crippen LogP contribution in [0.2, 0.25) is 0 Å². The molecular weight excluding hydrogens is 427 g/mol. The molecule has 8 bridgehead atoms. The Morgan fingerprint density at radius 1 is 0.667 bits per heavy atom. The van der Waals surface area contributed by atoms with Crippen LogP contribution < -0.4 is 0 Å². The minimum atomic E-state index is 0. The minimum absolute atomic E-state index is 0. The maximum atomic E-state index is 4.70. The normalized spacial score (nSPS) is 12.2. The average molecular weight is 445 g/mol. The van der Waals surface area contributed by atoms with Gasteiger partial charge in [0.25, 0.3) is 0 Å². The maximum absolute atomic E-state index is 4.70. The van der Waals surface area contributed by atoms with E-state index >= 15 is 0 Å². The third-order valence-electron chi connectivity index (χ3n) is 4.64. The molecule has 5 heteroatoms. The van der Waals surface area contributed by atoms with E-state index in [0.29, 0.717) is 0 Å². The Morgan fingerprint density at radius 2 is 1.26 bits per heavy atom. The topological polar surface area (TPSA) is 57.4 Å². The Labute approximate surface area is 170 Å². The van der Waals surface area contributed by atoms with Crippen molar-refractivity contribution >= 4 is 46.4 Å². The van der Waals surface area contributed by atoms with Crippen LogP contribution in [0, 0.1) is 0 Å². The number of hydrogen-bond acceptors (Lipinski definition) is 2. The van der Waals surface area contributed by atoms with Gasteiger partial charge in [0.1, 0.15) is 0 Å². The van der Waals surface area contributed by atoms with Gasteiger partial charge in [-0.1, -0.05) is 6.92 Å². The number of nitrogens with one attached hydrogen (secondary N) is 2. The smallest absolute Gasteiger partial charge is 0.0659 e. The maximum Gasteiger partial charge on any atom is 0.0659 e. The third kappa shape index (κ3) is 3.57. The quantitative estimate of drug-likeness (QED) is 0.348. The fourth-order valence-electron chi connectivity index (χ4n) is 3.37. The Kier molecular flexibility index (Phi) is 4.65. The van der Waals surface area contributed by atoms with Gasteiger partial charge < -0.3 is 9.97 Å². The average Bonchev–Trinajstić information content (AvgIpc) is 3.39. The molecular formula is C22H18N4Pd. The summed E-state index contributed by atoms with van der Waals surface area (Å²) in [7, 11) is 0. The molecule has 0 saturated carbocycles. The number of aromatic nitrogens is 4. The summed E-state index contributed by atoms with van der Waals surface area (Å²) in [6.45, 7) is 2.17. The van der Waals surface area contributed by atoms with E-state index in [1.807, 2.05) is 30.4 Å². The molecule has 5 heterocycles. The van der Waals surface area contributed by atoms with Crippen LogP contribution in [0.3, 0.4) is 0 Å². The largest absolute Gasteiger partial charge is 0.355 e. The van der Waals surface area contributed by atoms with Gasteiger partial charge in [-0.2, -0.15) is 0 Å². The zero-order valence-corrected chi connectivity index (χ0v) is 16.3. The molecule has 0 fully saturated rings. The van der Waals surface area contributed by atoms with Crippen LogP contribution in [0.1, 0.15) is 35.3 Å². The van der Waals surface area contributed by atoms with Gasteiger partial charge in [-0.25, -0.2) is 9.97 Å². The molecule has 4 nitrogen and oxygen atoms in total. The summed E-state index contributed by atoms with van der Waals surface area (Å²) < 4.78 is 0.